The fourth-order valence-electron chi connectivity index (χ4n) is 1.85. The molecule has 2 rings (SSSR count). The summed E-state index contributed by atoms with van der Waals surface area (Å²) in [6.07, 6.45) is 0. The van der Waals surface area contributed by atoms with Crippen molar-refractivity contribution in [3.8, 4) is 6.07 Å². The molecule has 0 bridgehead atoms. The van der Waals surface area contributed by atoms with Crippen LogP contribution in [0.5, 0.6) is 0 Å². The zero-order valence-corrected chi connectivity index (χ0v) is 7.07. The van der Waals surface area contributed by atoms with Gasteiger partial charge in [0.2, 0.25) is 0 Å². The summed E-state index contributed by atoms with van der Waals surface area (Å²) in [5.74, 6) is 1.31. The van der Waals surface area contributed by atoms with Crippen LogP contribution in [0.15, 0.2) is 30.3 Å². The molecule has 60 valence electrons. The number of rotatable bonds is 1. The van der Waals surface area contributed by atoms with Crippen molar-refractivity contribution in [1.82, 2.24) is 0 Å². The summed E-state index contributed by atoms with van der Waals surface area (Å²) in [6.45, 7) is 2.14. The number of hydrogen-bond acceptors (Lipinski definition) is 1. The van der Waals surface area contributed by atoms with Gasteiger partial charge in [0.05, 0.1) is 12.0 Å². The van der Waals surface area contributed by atoms with Crippen molar-refractivity contribution >= 4 is 0 Å². The Kier molecular flexibility index (Phi) is 1.62. The van der Waals surface area contributed by atoms with Crippen molar-refractivity contribution in [2.24, 2.45) is 11.8 Å². The van der Waals surface area contributed by atoms with Gasteiger partial charge in [0.25, 0.3) is 0 Å². The van der Waals surface area contributed by atoms with Gasteiger partial charge >= 0.3 is 0 Å². The molecule has 1 nitrogen and oxygen atoms in total. The van der Waals surface area contributed by atoms with E-state index in [1.807, 2.05) is 18.2 Å². The Morgan fingerprint density at radius 1 is 1.25 bits per heavy atom. The lowest BCUT2D eigenvalue weighted by Crippen LogP contribution is -1.79. The van der Waals surface area contributed by atoms with Gasteiger partial charge in [0.15, 0.2) is 0 Å². The molecule has 0 radical (unpaired) electrons. The molecule has 1 aromatic carbocycles. The fraction of sp³-hybridized carbons (Fsp3) is 0.364. The lowest BCUT2D eigenvalue weighted by Gasteiger charge is -1.94. The third-order valence-electron chi connectivity index (χ3n) is 2.71. The van der Waals surface area contributed by atoms with Crippen LogP contribution in [-0.4, -0.2) is 0 Å². The second-order valence-corrected chi connectivity index (χ2v) is 3.45. The Bertz CT molecular complexity index is 310. The molecule has 0 heterocycles. The van der Waals surface area contributed by atoms with E-state index in [0.29, 0.717) is 11.8 Å². The van der Waals surface area contributed by atoms with Gasteiger partial charge in [-0.3, -0.25) is 0 Å². The highest BCUT2D eigenvalue weighted by Gasteiger charge is 2.47. The average Bonchev–Trinajstić information content (AvgIpc) is 2.78. The molecule has 0 spiro atoms. The van der Waals surface area contributed by atoms with Gasteiger partial charge in [-0.25, -0.2) is 0 Å². The average molecular weight is 157 g/mol. The van der Waals surface area contributed by atoms with Gasteiger partial charge in [0, 0.05) is 5.92 Å². The number of nitrogens with zero attached hydrogens (tertiary/aromatic N) is 1. The molecule has 12 heavy (non-hydrogen) atoms. The maximum absolute atomic E-state index is 8.76. The first kappa shape index (κ1) is 7.36. The lowest BCUT2D eigenvalue weighted by atomic mass is 10.1. The molecule has 1 saturated carbocycles. The Morgan fingerprint density at radius 3 is 2.42 bits per heavy atom. The lowest BCUT2D eigenvalue weighted by molar-refractivity contribution is 0.892. The Hall–Kier alpha value is -1.29. The van der Waals surface area contributed by atoms with Crippen molar-refractivity contribution in [2.45, 2.75) is 12.8 Å². The van der Waals surface area contributed by atoms with Gasteiger partial charge in [-0.05, 0) is 11.5 Å². The Balaban J connectivity index is 2.21. The fourth-order valence-corrected chi connectivity index (χ4v) is 1.85. The molecular weight excluding hydrogens is 146 g/mol. The van der Waals surface area contributed by atoms with Gasteiger partial charge in [-0.2, -0.15) is 5.26 Å². The summed E-state index contributed by atoms with van der Waals surface area (Å²) in [5, 5.41) is 8.76. The van der Waals surface area contributed by atoms with Gasteiger partial charge in [0.1, 0.15) is 0 Å². The van der Waals surface area contributed by atoms with Crippen LogP contribution in [0.25, 0.3) is 0 Å². The number of benzene rings is 1. The van der Waals surface area contributed by atoms with Crippen molar-refractivity contribution < 1.29 is 0 Å². The molecule has 1 aromatic rings. The monoisotopic (exact) mass is 157 g/mol. The summed E-state index contributed by atoms with van der Waals surface area (Å²) in [4.78, 5) is 0. The summed E-state index contributed by atoms with van der Waals surface area (Å²) in [7, 11) is 0. The van der Waals surface area contributed by atoms with E-state index in [2.05, 4.69) is 25.1 Å². The SMILES string of the molecule is CC1C(C#N)C1c1ccccc1. The standard InChI is InChI=1S/C11H11N/c1-8-10(7-12)11(8)9-5-3-2-4-6-9/h2-6,8,10-11H,1H3. The largest absolute Gasteiger partial charge is 0.198 e. The maximum atomic E-state index is 8.76. The number of hydrogen-bond donors (Lipinski definition) is 0. The summed E-state index contributed by atoms with van der Waals surface area (Å²) in [5.41, 5.74) is 1.32. The van der Waals surface area contributed by atoms with E-state index in [1.165, 1.54) is 5.56 Å². The normalized spacial score (nSPS) is 32.5. The summed E-state index contributed by atoms with van der Waals surface area (Å²) in [6, 6.07) is 12.6. The highest BCUT2D eigenvalue weighted by atomic mass is 14.5. The van der Waals surface area contributed by atoms with E-state index in [-0.39, 0.29) is 5.92 Å². The molecule has 0 aliphatic heterocycles. The zero-order valence-electron chi connectivity index (χ0n) is 7.07. The first-order valence-corrected chi connectivity index (χ1v) is 4.29. The van der Waals surface area contributed by atoms with Crippen LogP contribution in [0.4, 0.5) is 0 Å². The number of nitriles is 1. The quantitative estimate of drug-likeness (QED) is 0.614. The van der Waals surface area contributed by atoms with Crippen molar-refractivity contribution in [1.29, 1.82) is 5.26 Å². The molecule has 1 fully saturated rings. The highest BCUT2D eigenvalue weighted by Crippen LogP contribution is 2.52. The minimum atomic E-state index is 0.257. The van der Waals surface area contributed by atoms with Crippen LogP contribution in [0.3, 0.4) is 0 Å². The van der Waals surface area contributed by atoms with Crippen molar-refractivity contribution in [3.05, 3.63) is 35.9 Å². The molecular formula is C11H11N. The maximum Gasteiger partial charge on any atom is 0.0665 e. The van der Waals surface area contributed by atoms with E-state index < -0.39 is 0 Å². The van der Waals surface area contributed by atoms with Crippen LogP contribution in [0, 0.1) is 23.2 Å². The first-order chi connectivity index (χ1) is 5.84. The van der Waals surface area contributed by atoms with Gasteiger partial charge in [-0.1, -0.05) is 37.3 Å². The van der Waals surface area contributed by atoms with Crippen LogP contribution < -0.4 is 0 Å². The van der Waals surface area contributed by atoms with Crippen molar-refractivity contribution in [3.63, 3.8) is 0 Å². The molecule has 0 amide bonds. The highest BCUT2D eigenvalue weighted by molar-refractivity contribution is 5.31. The van der Waals surface area contributed by atoms with Crippen LogP contribution >= 0.6 is 0 Å². The van der Waals surface area contributed by atoms with Crippen molar-refractivity contribution in [2.75, 3.05) is 0 Å². The van der Waals surface area contributed by atoms with E-state index >= 15 is 0 Å². The minimum Gasteiger partial charge on any atom is -0.198 e. The molecule has 1 heteroatoms. The molecule has 3 unspecified atom stereocenters. The minimum absolute atomic E-state index is 0.257. The third-order valence-corrected chi connectivity index (χ3v) is 2.71. The first-order valence-electron chi connectivity index (χ1n) is 4.29. The predicted octanol–water partition coefficient (Wildman–Crippen LogP) is 2.56. The van der Waals surface area contributed by atoms with Crippen LogP contribution in [0.2, 0.25) is 0 Å². The van der Waals surface area contributed by atoms with Crippen LogP contribution in [-0.2, 0) is 0 Å². The van der Waals surface area contributed by atoms with E-state index in [1.54, 1.807) is 0 Å². The zero-order chi connectivity index (χ0) is 8.55. The predicted molar refractivity (Wildman–Crippen MR) is 47.5 cm³/mol. The summed E-state index contributed by atoms with van der Waals surface area (Å²) < 4.78 is 0. The Labute approximate surface area is 72.6 Å². The van der Waals surface area contributed by atoms with E-state index in [9.17, 15) is 0 Å². The smallest absolute Gasteiger partial charge is 0.0665 e. The van der Waals surface area contributed by atoms with Gasteiger partial charge in [-0.15, -0.1) is 0 Å². The van der Waals surface area contributed by atoms with Crippen LogP contribution in [0.1, 0.15) is 18.4 Å². The third kappa shape index (κ3) is 1.00. The second-order valence-electron chi connectivity index (χ2n) is 3.45. The summed E-state index contributed by atoms with van der Waals surface area (Å²) >= 11 is 0. The second kappa shape index (κ2) is 2.64. The Morgan fingerprint density at radius 2 is 1.92 bits per heavy atom. The van der Waals surface area contributed by atoms with E-state index in [0.717, 1.165) is 0 Å². The van der Waals surface area contributed by atoms with E-state index in [4.69, 9.17) is 5.26 Å². The topological polar surface area (TPSA) is 23.8 Å². The molecule has 3 atom stereocenters. The molecule has 0 saturated heterocycles. The molecule has 0 aromatic heterocycles. The molecule has 0 N–H and O–H groups in total. The molecule has 1 aliphatic carbocycles. The van der Waals surface area contributed by atoms with Gasteiger partial charge < -0.3 is 0 Å². The molecule has 1 aliphatic rings.